The highest BCUT2D eigenvalue weighted by Gasteiger charge is 2.07. The maximum atomic E-state index is 11.5. The van der Waals surface area contributed by atoms with Crippen molar-refractivity contribution in [3.05, 3.63) is 11.4 Å². The number of carbonyl (C=O) groups is 1. The minimum atomic E-state index is 0.00401. The van der Waals surface area contributed by atoms with Gasteiger partial charge in [-0.3, -0.25) is 4.79 Å². The molecule has 0 aromatic carbocycles. The Morgan fingerprint density at radius 2 is 2.00 bits per heavy atom. The highest BCUT2D eigenvalue weighted by Crippen LogP contribution is 2.01. The second-order valence-corrected chi connectivity index (χ2v) is 3.57. The van der Waals surface area contributed by atoms with Crippen molar-refractivity contribution in [1.29, 1.82) is 0 Å². The van der Waals surface area contributed by atoms with Gasteiger partial charge in [0.2, 0.25) is 11.9 Å². The van der Waals surface area contributed by atoms with Gasteiger partial charge in [0, 0.05) is 13.6 Å². The molecule has 0 radical (unpaired) electrons. The normalized spacial score (nSPS) is 10.0. The summed E-state index contributed by atoms with van der Waals surface area (Å²) in [4.78, 5) is 17.3. The van der Waals surface area contributed by atoms with Crippen LogP contribution in [0.15, 0.2) is 0 Å². The molecule has 1 aromatic rings. The summed E-state index contributed by atoms with van der Waals surface area (Å²) in [6.45, 7) is 6.50. The SMILES string of the molecule is CCN(C)C(=O)CNc1nnc(C)c(C)n1. The first kappa shape index (κ1) is 12.4. The van der Waals surface area contributed by atoms with Crippen molar-refractivity contribution in [2.45, 2.75) is 20.8 Å². The Labute approximate surface area is 95.1 Å². The second kappa shape index (κ2) is 5.39. The zero-order valence-corrected chi connectivity index (χ0v) is 10.1. The van der Waals surface area contributed by atoms with E-state index in [-0.39, 0.29) is 12.5 Å². The summed E-state index contributed by atoms with van der Waals surface area (Å²) in [5, 5.41) is 10.6. The largest absolute Gasteiger partial charge is 0.345 e. The molecular formula is C10H17N5O. The molecule has 0 aliphatic heterocycles. The Kier molecular flexibility index (Phi) is 4.16. The Morgan fingerprint density at radius 1 is 1.31 bits per heavy atom. The highest BCUT2D eigenvalue weighted by atomic mass is 16.2. The first-order chi connectivity index (χ1) is 7.54. The van der Waals surface area contributed by atoms with Crippen LogP contribution in [0.2, 0.25) is 0 Å². The lowest BCUT2D eigenvalue weighted by Crippen LogP contribution is -2.32. The fourth-order valence-electron chi connectivity index (χ4n) is 0.998. The topological polar surface area (TPSA) is 71.0 Å². The predicted molar refractivity (Wildman–Crippen MR) is 61.1 cm³/mol. The van der Waals surface area contributed by atoms with Crippen LogP contribution in [0.25, 0.3) is 0 Å². The molecule has 0 atom stereocenters. The summed E-state index contributed by atoms with van der Waals surface area (Å²) >= 11 is 0. The number of amides is 1. The van der Waals surface area contributed by atoms with Crippen LogP contribution in [0.1, 0.15) is 18.3 Å². The number of carbonyl (C=O) groups excluding carboxylic acids is 1. The molecule has 16 heavy (non-hydrogen) atoms. The monoisotopic (exact) mass is 223 g/mol. The summed E-state index contributed by atoms with van der Waals surface area (Å²) in [5.41, 5.74) is 1.61. The van der Waals surface area contributed by atoms with Crippen molar-refractivity contribution in [3.8, 4) is 0 Å². The van der Waals surface area contributed by atoms with E-state index < -0.39 is 0 Å². The molecule has 1 rings (SSSR count). The third kappa shape index (κ3) is 3.15. The molecule has 88 valence electrons. The number of aryl methyl sites for hydroxylation is 2. The van der Waals surface area contributed by atoms with Gasteiger partial charge in [0.15, 0.2) is 0 Å². The average Bonchev–Trinajstić information content (AvgIpc) is 2.29. The molecule has 0 aliphatic rings. The fraction of sp³-hybridized carbons (Fsp3) is 0.600. The summed E-state index contributed by atoms with van der Waals surface area (Å²) < 4.78 is 0. The van der Waals surface area contributed by atoms with E-state index >= 15 is 0 Å². The molecule has 0 aliphatic carbocycles. The van der Waals surface area contributed by atoms with Gasteiger partial charge in [-0.25, -0.2) is 4.98 Å². The molecule has 0 saturated carbocycles. The minimum absolute atomic E-state index is 0.00401. The van der Waals surface area contributed by atoms with Crippen LogP contribution >= 0.6 is 0 Å². The molecule has 1 aromatic heterocycles. The number of rotatable bonds is 4. The van der Waals surface area contributed by atoms with Crippen LogP contribution in [0.4, 0.5) is 5.95 Å². The fourth-order valence-corrected chi connectivity index (χ4v) is 0.998. The van der Waals surface area contributed by atoms with Crippen LogP contribution in [0, 0.1) is 13.8 Å². The van der Waals surface area contributed by atoms with Crippen LogP contribution in [0.5, 0.6) is 0 Å². The number of aromatic nitrogens is 3. The number of nitrogens with zero attached hydrogens (tertiary/aromatic N) is 4. The minimum Gasteiger partial charge on any atom is -0.345 e. The van der Waals surface area contributed by atoms with E-state index in [0.717, 1.165) is 11.4 Å². The zero-order chi connectivity index (χ0) is 12.1. The zero-order valence-electron chi connectivity index (χ0n) is 10.1. The van der Waals surface area contributed by atoms with Gasteiger partial charge in [-0.1, -0.05) is 0 Å². The lowest BCUT2D eigenvalue weighted by molar-refractivity contribution is -0.127. The Balaban J connectivity index is 2.55. The van der Waals surface area contributed by atoms with E-state index in [0.29, 0.717) is 12.5 Å². The van der Waals surface area contributed by atoms with Gasteiger partial charge in [-0.15, -0.1) is 5.10 Å². The molecular weight excluding hydrogens is 206 g/mol. The van der Waals surface area contributed by atoms with E-state index in [9.17, 15) is 4.79 Å². The maximum Gasteiger partial charge on any atom is 0.243 e. The van der Waals surface area contributed by atoms with Crippen molar-refractivity contribution in [2.75, 3.05) is 25.5 Å². The highest BCUT2D eigenvalue weighted by molar-refractivity contribution is 5.80. The molecule has 6 heteroatoms. The van der Waals surface area contributed by atoms with Gasteiger partial charge in [-0.2, -0.15) is 5.10 Å². The molecule has 0 fully saturated rings. The van der Waals surface area contributed by atoms with Gasteiger partial charge in [0.05, 0.1) is 17.9 Å². The lowest BCUT2D eigenvalue weighted by atomic mass is 10.4. The van der Waals surface area contributed by atoms with Gasteiger partial charge in [0.1, 0.15) is 0 Å². The van der Waals surface area contributed by atoms with Gasteiger partial charge in [0.25, 0.3) is 0 Å². The molecule has 0 bridgehead atoms. The maximum absolute atomic E-state index is 11.5. The first-order valence-electron chi connectivity index (χ1n) is 5.20. The van der Waals surface area contributed by atoms with Gasteiger partial charge in [-0.05, 0) is 20.8 Å². The Hall–Kier alpha value is -1.72. The average molecular weight is 223 g/mol. The lowest BCUT2D eigenvalue weighted by Gasteiger charge is -2.14. The van der Waals surface area contributed by atoms with Gasteiger partial charge >= 0.3 is 0 Å². The van der Waals surface area contributed by atoms with Crippen molar-refractivity contribution in [1.82, 2.24) is 20.1 Å². The summed E-state index contributed by atoms with van der Waals surface area (Å²) in [6.07, 6.45) is 0. The van der Waals surface area contributed by atoms with E-state index in [1.807, 2.05) is 20.8 Å². The summed E-state index contributed by atoms with van der Waals surface area (Å²) in [5.74, 6) is 0.394. The summed E-state index contributed by atoms with van der Waals surface area (Å²) in [6, 6.07) is 0. The first-order valence-corrected chi connectivity index (χ1v) is 5.20. The van der Waals surface area contributed by atoms with Crippen molar-refractivity contribution < 1.29 is 4.79 Å². The van der Waals surface area contributed by atoms with E-state index in [1.165, 1.54) is 0 Å². The Morgan fingerprint density at radius 3 is 2.56 bits per heavy atom. The number of likely N-dealkylation sites (N-methyl/N-ethyl adjacent to an activating group) is 1. The standard InChI is InChI=1S/C10H17N5O/c1-5-15(4)9(16)6-11-10-12-7(2)8(3)13-14-10/h5-6H2,1-4H3,(H,11,12,14). The quantitative estimate of drug-likeness (QED) is 0.799. The third-order valence-corrected chi connectivity index (χ3v) is 2.39. The number of hydrogen-bond acceptors (Lipinski definition) is 5. The molecule has 1 N–H and O–H groups in total. The van der Waals surface area contributed by atoms with Crippen LogP contribution in [-0.2, 0) is 4.79 Å². The van der Waals surface area contributed by atoms with Crippen molar-refractivity contribution in [3.63, 3.8) is 0 Å². The number of anilines is 1. The van der Waals surface area contributed by atoms with E-state index in [4.69, 9.17) is 0 Å². The molecule has 0 unspecified atom stereocenters. The van der Waals surface area contributed by atoms with Crippen molar-refractivity contribution in [2.24, 2.45) is 0 Å². The molecule has 0 saturated heterocycles. The van der Waals surface area contributed by atoms with Crippen LogP contribution < -0.4 is 5.32 Å². The number of hydrogen-bond donors (Lipinski definition) is 1. The predicted octanol–water partition coefficient (Wildman–Crippen LogP) is 0.379. The molecule has 0 spiro atoms. The van der Waals surface area contributed by atoms with E-state index in [2.05, 4.69) is 20.5 Å². The van der Waals surface area contributed by atoms with Gasteiger partial charge < -0.3 is 10.2 Å². The second-order valence-electron chi connectivity index (χ2n) is 3.57. The smallest absolute Gasteiger partial charge is 0.243 e. The Bertz CT molecular complexity index is 379. The van der Waals surface area contributed by atoms with Crippen molar-refractivity contribution >= 4 is 11.9 Å². The van der Waals surface area contributed by atoms with E-state index in [1.54, 1.807) is 11.9 Å². The van der Waals surface area contributed by atoms with Crippen LogP contribution in [-0.4, -0.2) is 46.1 Å². The molecule has 1 amide bonds. The molecule has 1 heterocycles. The van der Waals surface area contributed by atoms with Crippen LogP contribution in [0.3, 0.4) is 0 Å². The summed E-state index contributed by atoms with van der Waals surface area (Å²) in [7, 11) is 1.75. The molecule has 6 nitrogen and oxygen atoms in total. The third-order valence-electron chi connectivity index (χ3n) is 2.39. The number of nitrogens with one attached hydrogen (secondary N) is 1.